The van der Waals surface area contributed by atoms with Gasteiger partial charge >= 0.3 is 0 Å². The van der Waals surface area contributed by atoms with Gasteiger partial charge in [-0.1, -0.05) is 19.9 Å². The van der Waals surface area contributed by atoms with Crippen LogP contribution in [0.25, 0.3) is 0 Å². The van der Waals surface area contributed by atoms with E-state index in [0.29, 0.717) is 11.4 Å². The predicted molar refractivity (Wildman–Crippen MR) is 89.4 cm³/mol. The number of amides is 2. The SMILES string of the molecule is Cc1ccc(F)cc1NC(=O)CNC(=O)c1cc(C(C)C)nn1C. The van der Waals surface area contributed by atoms with Gasteiger partial charge in [0.25, 0.3) is 5.91 Å². The van der Waals surface area contributed by atoms with E-state index in [4.69, 9.17) is 0 Å². The van der Waals surface area contributed by atoms with Crippen molar-refractivity contribution in [3.63, 3.8) is 0 Å². The fraction of sp³-hybridized carbons (Fsp3) is 0.353. The molecular formula is C17H21FN4O2. The lowest BCUT2D eigenvalue weighted by atomic mass is 10.1. The smallest absolute Gasteiger partial charge is 0.269 e. The lowest BCUT2D eigenvalue weighted by Gasteiger charge is -2.09. The number of nitrogens with one attached hydrogen (secondary N) is 2. The third-order valence-electron chi connectivity index (χ3n) is 3.61. The highest BCUT2D eigenvalue weighted by Crippen LogP contribution is 2.16. The number of hydrogen-bond donors (Lipinski definition) is 2. The number of aryl methyl sites for hydroxylation is 2. The van der Waals surface area contributed by atoms with Gasteiger partial charge in [0.05, 0.1) is 12.2 Å². The standard InChI is InChI=1S/C17H21FN4O2/c1-10(2)13-8-15(22(4)21-13)17(24)19-9-16(23)20-14-7-12(18)6-5-11(14)3/h5-8,10H,9H2,1-4H3,(H,19,24)(H,20,23). The molecule has 0 bridgehead atoms. The van der Waals surface area contributed by atoms with E-state index in [2.05, 4.69) is 15.7 Å². The van der Waals surface area contributed by atoms with Crippen LogP contribution in [0.5, 0.6) is 0 Å². The molecule has 24 heavy (non-hydrogen) atoms. The molecule has 6 nitrogen and oxygen atoms in total. The van der Waals surface area contributed by atoms with Crippen molar-refractivity contribution in [2.45, 2.75) is 26.7 Å². The zero-order valence-corrected chi connectivity index (χ0v) is 14.2. The minimum atomic E-state index is -0.434. The Bertz CT molecular complexity index is 768. The van der Waals surface area contributed by atoms with Gasteiger partial charge in [0.2, 0.25) is 5.91 Å². The number of carbonyl (C=O) groups excluding carboxylic acids is 2. The summed E-state index contributed by atoms with van der Waals surface area (Å²) in [5, 5.41) is 9.38. The van der Waals surface area contributed by atoms with Crippen molar-refractivity contribution in [1.82, 2.24) is 15.1 Å². The van der Waals surface area contributed by atoms with Crippen LogP contribution in [0.4, 0.5) is 10.1 Å². The van der Waals surface area contributed by atoms with Crippen LogP contribution in [0.2, 0.25) is 0 Å². The first-order chi connectivity index (χ1) is 11.3. The summed E-state index contributed by atoms with van der Waals surface area (Å²) in [5.41, 5.74) is 2.32. The highest BCUT2D eigenvalue weighted by molar-refractivity contribution is 5.98. The average molecular weight is 332 g/mol. The van der Waals surface area contributed by atoms with Crippen molar-refractivity contribution >= 4 is 17.5 Å². The van der Waals surface area contributed by atoms with Crippen molar-refractivity contribution < 1.29 is 14.0 Å². The second kappa shape index (κ2) is 7.25. The maximum Gasteiger partial charge on any atom is 0.269 e. The first-order valence-electron chi connectivity index (χ1n) is 7.66. The summed E-state index contributed by atoms with van der Waals surface area (Å²) in [5.74, 6) is -1.04. The second-order valence-corrected chi connectivity index (χ2v) is 5.92. The Kier molecular flexibility index (Phi) is 5.33. The molecule has 0 saturated heterocycles. The molecular weight excluding hydrogens is 311 g/mol. The molecule has 0 spiro atoms. The van der Waals surface area contributed by atoms with Crippen molar-refractivity contribution in [2.24, 2.45) is 7.05 Å². The second-order valence-electron chi connectivity index (χ2n) is 5.92. The highest BCUT2D eigenvalue weighted by atomic mass is 19.1. The normalized spacial score (nSPS) is 10.8. The van der Waals surface area contributed by atoms with Crippen LogP contribution in [0, 0.1) is 12.7 Å². The number of aromatic nitrogens is 2. The fourth-order valence-electron chi connectivity index (χ4n) is 2.16. The van der Waals surface area contributed by atoms with Gasteiger partial charge in [0.1, 0.15) is 11.5 Å². The molecule has 2 amide bonds. The summed E-state index contributed by atoms with van der Waals surface area (Å²) >= 11 is 0. The molecule has 0 fully saturated rings. The summed E-state index contributed by atoms with van der Waals surface area (Å²) in [4.78, 5) is 24.1. The Morgan fingerprint density at radius 1 is 1.29 bits per heavy atom. The Hall–Kier alpha value is -2.70. The summed E-state index contributed by atoms with van der Waals surface area (Å²) in [6, 6.07) is 5.84. The summed E-state index contributed by atoms with van der Waals surface area (Å²) in [6.07, 6.45) is 0. The van der Waals surface area contributed by atoms with Crippen molar-refractivity contribution in [1.29, 1.82) is 0 Å². The van der Waals surface area contributed by atoms with E-state index in [0.717, 1.165) is 11.3 Å². The minimum Gasteiger partial charge on any atom is -0.342 e. The van der Waals surface area contributed by atoms with E-state index in [-0.39, 0.29) is 18.4 Å². The zero-order chi connectivity index (χ0) is 17.9. The molecule has 0 radical (unpaired) electrons. The van der Waals surface area contributed by atoms with Gasteiger partial charge in [-0.2, -0.15) is 5.10 Å². The summed E-state index contributed by atoms with van der Waals surface area (Å²) < 4.78 is 14.7. The summed E-state index contributed by atoms with van der Waals surface area (Å²) in [6.45, 7) is 5.52. The van der Waals surface area contributed by atoms with Gasteiger partial charge in [0, 0.05) is 12.7 Å². The Morgan fingerprint density at radius 2 is 2.00 bits per heavy atom. The van der Waals surface area contributed by atoms with E-state index in [1.54, 1.807) is 26.1 Å². The number of rotatable bonds is 5. The Labute approximate surface area is 140 Å². The maximum absolute atomic E-state index is 13.2. The molecule has 2 rings (SSSR count). The van der Waals surface area contributed by atoms with Gasteiger partial charge in [0.15, 0.2) is 0 Å². The van der Waals surface area contributed by atoms with E-state index < -0.39 is 11.7 Å². The average Bonchev–Trinajstić information content (AvgIpc) is 2.91. The number of halogens is 1. The lowest BCUT2D eigenvalue weighted by Crippen LogP contribution is -2.34. The molecule has 1 aromatic heterocycles. The Balaban J connectivity index is 1.96. The van der Waals surface area contributed by atoms with Gasteiger partial charge in [-0.25, -0.2) is 4.39 Å². The molecule has 0 unspecified atom stereocenters. The van der Waals surface area contributed by atoms with Crippen LogP contribution >= 0.6 is 0 Å². The minimum absolute atomic E-state index is 0.206. The highest BCUT2D eigenvalue weighted by Gasteiger charge is 2.16. The van der Waals surface area contributed by atoms with E-state index >= 15 is 0 Å². The fourth-order valence-corrected chi connectivity index (χ4v) is 2.16. The first-order valence-corrected chi connectivity index (χ1v) is 7.66. The monoisotopic (exact) mass is 332 g/mol. The van der Waals surface area contributed by atoms with Crippen LogP contribution in [0.3, 0.4) is 0 Å². The maximum atomic E-state index is 13.2. The molecule has 0 aliphatic heterocycles. The third-order valence-corrected chi connectivity index (χ3v) is 3.61. The van der Waals surface area contributed by atoms with Crippen LogP contribution in [-0.4, -0.2) is 28.1 Å². The quantitative estimate of drug-likeness (QED) is 0.882. The molecule has 2 aromatic rings. The van der Waals surface area contributed by atoms with Crippen molar-refractivity contribution in [2.75, 3.05) is 11.9 Å². The molecule has 0 atom stereocenters. The molecule has 1 heterocycles. The van der Waals surface area contributed by atoms with Gasteiger partial charge in [-0.15, -0.1) is 0 Å². The number of carbonyl (C=O) groups is 2. The first kappa shape index (κ1) is 17.7. The number of hydrogen-bond acceptors (Lipinski definition) is 3. The molecule has 0 aliphatic rings. The predicted octanol–water partition coefficient (Wildman–Crippen LogP) is 2.36. The summed E-state index contributed by atoms with van der Waals surface area (Å²) in [7, 11) is 1.68. The zero-order valence-electron chi connectivity index (χ0n) is 14.2. The Morgan fingerprint density at radius 3 is 2.62 bits per heavy atom. The molecule has 7 heteroatoms. The van der Waals surface area contributed by atoms with Gasteiger partial charge < -0.3 is 10.6 Å². The van der Waals surface area contributed by atoms with Crippen molar-refractivity contribution in [3.05, 3.63) is 47.0 Å². The largest absolute Gasteiger partial charge is 0.342 e. The number of benzene rings is 1. The molecule has 0 aliphatic carbocycles. The number of nitrogens with zero attached hydrogens (tertiary/aromatic N) is 2. The third kappa shape index (κ3) is 4.18. The topological polar surface area (TPSA) is 76.0 Å². The van der Waals surface area contributed by atoms with Gasteiger partial charge in [-0.05, 0) is 36.6 Å². The van der Waals surface area contributed by atoms with E-state index in [1.165, 1.54) is 16.8 Å². The van der Waals surface area contributed by atoms with Crippen LogP contribution in [-0.2, 0) is 11.8 Å². The van der Waals surface area contributed by atoms with Crippen molar-refractivity contribution in [3.8, 4) is 0 Å². The molecule has 128 valence electrons. The van der Waals surface area contributed by atoms with Gasteiger partial charge in [-0.3, -0.25) is 14.3 Å². The van der Waals surface area contributed by atoms with E-state index in [1.807, 2.05) is 13.8 Å². The molecule has 0 saturated carbocycles. The van der Waals surface area contributed by atoms with Crippen LogP contribution < -0.4 is 10.6 Å². The molecule has 2 N–H and O–H groups in total. The van der Waals surface area contributed by atoms with E-state index in [9.17, 15) is 14.0 Å². The van der Waals surface area contributed by atoms with Crippen LogP contribution in [0.15, 0.2) is 24.3 Å². The van der Waals surface area contributed by atoms with Crippen LogP contribution in [0.1, 0.15) is 41.5 Å². The number of anilines is 1. The lowest BCUT2D eigenvalue weighted by molar-refractivity contribution is -0.115. The molecule has 1 aromatic carbocycles.